The Morgan fingerprint density at radius 2 is 0.926 bits per heavy atom. The summed E-state index contributed by atoms with van der Waals surface area (Å²) < 4.78 is 8.71. The SMILES string of the molecule is c1ccc(-n2c3ccccc3c3cc(N(c4ccc(-c5ccc6c(c5)C(c5ccccc5)(c5ccccc5)c5ccc7ccccc7c5-6)cc4)c4ccc5oc6ccccc6c5c4)ccc32)cc1. The fraction of sp³-hybridized carbons (Fsp3) is 0.0154. The number of hydrogen-bond donors (Lipinski definition) is 0. The largest absolute Gasteiger partial charge is 0.456 e. The molecular weight excluding hydrogens is 825 g/mol. The third kappa shape index (κ3) is 5.66. The van der Waals surface area contributed by atoms with Crippen LogP contribution in [0.25, 0.3) is 82.5 Å². The topological polar surface area (TPSA) is 21.3 Å². The molecule has 14 rings (SSSR count). The normalized spacial score (nSPS) is 12.8. The maximum Gasteiger partial charge on any atom is 0.135 e. The summed E-state index contributed by atoms with van der Waals surface area (Å²) in [5, 5.41) is 7.14. The minimum atomic E-state index is -0.512. The van der Waals surface area contributed by atoms with Crippen molar-refractivity contribution in [3.63, 3.8) is 0 Å². The number of fused-ring (bicyclic) bond motifs is 11. The van der Waals surface area contributed by atoms with Crippen LogP contribution in [0.15, 0.2) is 259 Å². The predicted molar refractivity (Wildman–Crippen MR) is 283 cm³/mol. The Morgan fingerprint density at radius 1 is 0.353 bits per heavy atom. The van der Waals surface area contributed by atoms with Crippen LogP contribution in [0.1, 0.15) is 22.3 Å². The molecule has 0 bridgehead atoms. The van der Waals surface area contributed by atoms with E-state index in [1.165, 1.54) is 71.5 Å². The van der Waals surface area contributed by atoms with Gasteiger partial charge in [0.05, 0.1) is 16.4 Å². The van der Waals surface area contributed by atoms with Crippen LogP contribution in [-0.4, -0.2) is 4.57 Å². The second-order valence-corrected chi connectivity index (χ2v) is 18.0. The smallest absolute Gasteiger partial charge is 0.135 e. The average molecular weight is 867 g/mol. The van der Waals surface area contributed by atoms with Crippen molar-refractivity contribution in [2.75, 3.05) is 4.90 Å². The fourth-order valence-electron chi connectivity index (χ4n) is 11.5. The molecule has 0 atom stereocenters. The summed E-state index contributed by atoms with van der Waals surface area (Å²) >= 11 is 0. The van der Waals surface area contributed by atoms with E-state index in [0.717, 1.165) is 50.3 Å². The van der Waals surface area contributed by atoms with Gasteiger partial charge in [-0.3, -0.25) is 0 Å². The van der Waals surface area contributed by atoms with E-state index in [9.17, 15) is 0 Å². The van der Waals surface area contributed by atoms with Gasteiger partial charge in [-0.05, 0) is 134 Å². The summed E-state index contributed by atoms with van der Waals surface area (Å²) in [6.45, 7) is 0. The van der Waals surface area contributed by atoms with Crippen LogP contribution in [0.2, 0.25) is 0 Å². The van der Waals surface area contributed by atoms with Crippen LogP contribution in [0.4, 0.5) is 17.1 Å². The summed E-state index contributed by atoms with van der Waals surface area (Å²) in [7, 11) is 0. The first-order valence-corrected chi connectivity index (χ1v) is 23.4. The molecule has 1 aliphatic carbocycles. The lowest BCUT2D eigenvalue weighted by Crippen LogP contribution is -2.28. The fourth-order valence-corrected chi connectivity index (χ4v) is 11.5. The molecule has 0 radical (unpaired) electrons. The second kappa shape index (κ2) is 15.1. The third-order valence-corrected chi connectivity index (χ3v) is 14.4. The Morgan fingerprint density at radius 3 is 1.69 bits per heavy atom. The van der Waals surface area contributed by atoms with E-state index >= 15 is 0 Å². The number of furan rings is 1. The molecule has 3 heteroatoms. The van der Waals surface area contributed by atoms with Gasteiger partial charge in [0.1, 0.15) is 11.2 Å². The summed E-state index contributed by atoms with van der Waals surface area (Å²) in [5.74, 6) is 0. The van der Waals surface area contributed by atoms with E-state index in [1.54, 1.807) is 0 Å². The van der Waals surface area contributed by atoms with Crippen molar-refractivity contribution in [1.29, 1.82) is 0 Å². The van der Waals surface area contributed by atoms with Crippen LogP contribution < -0.4 is 4.90 Å². The summed E-state index contributed by atoms with van der Waals surface area (Å²) in [5.41, 5.74) is 18.0. The first kappa shape index (κ1) is 38.4. The van der Waals surface area contributed by atoms with Crippen molar-refractivity contribution in [3.05, 3.63) is 277 Å². The van der Waals surface area contributed by atoms with Crippen molar-refractivity contribution in [3.8, 4) is 27.9 Å². The molecule has 0 aliphatic heterocycles. The molecule has 0 N–H and O–H groups in total. The van der Waals surface area contributed by atoms with Gasteiger partial charge in [0.15, 0.2) is 0 Å². The Balaban J connectivity index is 0.949. The quantitative estimate of drug-likeness (QED) is 0.159. The molecule has 11 aromatic carbocycles. The molecular formula is C65H42N2O. The van der Waals surface area contributed by atoms with E-state index in [1.807, 2.05) is 12.1 Å². The van der Waals surface area contributed by atoms with Crippen molar-refractivity contribution in [2.45, 2.75) is 5.41 Å². The van der Waals surface area contributed by atoms with E-state index < -0.39 is 5.41 Å². The summed E-state index contributed by atoms with van der Waals surface area (Å²) in [6, 6.07) is 93.2. The van der Waals surface area contributed by atoms with Gasteiger partial charge >= 0.3 is 0 Å². The molecule has 13 aromatic rings. The van der Waals surface area contributed by atoms with Crippen LogP contribution in [0.5, 0.6) is 0 Å². The number of rotatable bonds is 7. The zero-order chi connectivity index (χ0) is 44.8. The first-order valence-electron chi connectivity index (χ1n) is 23.4. The van der Waals surface area contributed by atoms with Crippen molar-refractivity contribution in [2.24, 2.45) is 0 Å². The number of para-hydroxylation sites is 3. The van der Waals surface area contributed by atoms with Gasteiger partial charge in [0.2, 0.25) is 0 Å². The van der Waals surface area contributed by atoms with E-state index in [4.69, 9.17) is 4.42 Å². The van der Waals surface area contributed by atoms with Crippen LogP contribution in [-0.2, 0) is 5.41 Å². The highest BCUT2D eigenvalue weighted by molar-refractivity contribution is 6.11. The van der Waals surface area contributed by atoms with Crippen molar-refractivity contribution >= 4 is 71.6 Å². The lowest BCUT2D eigenvalue weighted by Gasteiger charge is -2.34. The molecule has 318 valence electrons. The molecule has 0 saturated heterocycles. The number of nitrogens with zero attached hydrogens (tertiary/aromatic N) is 2. The predicted octanol–water partition coefficient (Wildman–Crippen LogP) is 17.3. The third-order valence-electron chi connectivity index (χ3n) is 14.4. The van der Waals surface area contributed by atoms with Crippen LogP contribution in [0.3, 0.4) is 0 Å². The molecule has 2 heterocycles. The van der Waals surface area contributed by atoms with Gasteiger partial charge < -0.3 is 13.9 Å². The molecule has 0 unspecified atom stereocenters. The number of anilines is 3. The van der Waals surface area contributed by atoms with Crippen molar-refractivity contribution in [1.82, 2.24) is 4.57 Å². The molecule has 0 amide bonds. The van der Waals surface area contributed by atoms with Gasteiger partial charge in [-0.25, -0.2) is 0 Å². The highest BCUT2D eigenvalue weighted by Gasteiger charge is 2.46. The lowest BCUT2D eigenvalue weighted by atomic mass is 9.67. The van der Waals surface area contributed by atoms with Gasteiger partial charge in [0, 0.05) is 44.3 Å². The Labute approximate surface area is 394 Å². The highest BCUT2D eigenvalue weighted by atomic mass is 16.3. The second-order valence-electron chi connectivity index (χ2n) is 18.0. The zero-order valence-electron chi connectivity index (χ0n) is 37.1. The number of hydrogen-bond acceptors (Lipinski definition) is 2. The van der Waals surface area contributed by atoms with Gasteiger partial charge in [-0.2, -0.15) is 0 Å². The lowest BCUT2D eigenvalue weighted by molar-refractivity contribution is 0.669. The molecule has 0 saturated carbocycles. The first-order chi connectivity index (χ1) is 33.7. The van der Waals surface area contributed by atoms with Gasteiger partial charge in [-0.1, -0.05) is 176 Å². The molecule has 0 fully saturated rings. The summed E-state index contributed by atoms with van der Waals surface area (Å²) in [6.07, 6.45) is 0. The summed E-state index contributed by atoms with van der Waals surface area (Å²) in [4.78, 5) is 2.39. The molecule has 1 aliphatic rings. The van der Waals surface area contributed by atoms with E-state index in [0.29, 0.717) is 0 Å². The maximum atomic E-state index is 6.34. The minimum Gasteiger partial charge on any atom is -0.456 e. The van der Waals surface area contributed by atoms with Crippen LogP contribution >= 0.6 is 0 Å². The monoisotopic (exact) mass is 866 g/mol. The number of aromatic nitrogens is 1. The van der Waals surface area contributed by atoms with E-state index in [2.05, 4.69) is 252 Å². The minimum absolute atomic E-state index is 0.512. The van der Waals surface area contributed by atoms with Crippen molar-refractivity contribution < 1.29 is 4.42 Å². The standard InChI is InChI=1S/C65H42N2O/c1-4-17-46(18-5-1)65(47-19-6-2-7-20-47)58-37-31-44-16-10-11-23-52(44)64(58)55-36-30-45(40-59(55)65)43-28-32-49(33-29-43)66(51-35-39-63-57(42-51)54-25-13-15-27-62(54)68-63)50-34-38-61-56(41-50)53-24-12-14-26-60(53)67(61)48-21-8-3-9-22-48/h1-42H. The van der Waals surface area contributed by atoms with E-state index in [-0.39, 0.29) is 0 Å². The molecule has 0 spiro atoms. The van der Waals surface area contributed by atoms with Gasteiger partial charge in [-0.15, -0.1) is 0 Å². The van der Waals surface area contributed by atoms with Crippen LogP contribution in [0, 0.1) is 0 Å². The Hall–Kier alpha value is -8.92. The molecule has 2 aromatic heterocycles. The Bertz CT molecular complexity index is 4030. The highest BCUT2D eigenvalue weighted by Crippen LogP contribution is 2.58. The Kier molecular flexibility index (Phi) is 8.50. The number of benzene rings is 11. The average Bonchev–Trinajstić information content (AvgIpc) is 4.06. The maximum absolute atomic E-state index is 6.34. The zero-order valence-corrected chi connectivity index (χ0v) is 37.1. The molecule has 3 nitrogen and oxygen atoms in total. The molecule has 68 heavy (non-hydrogen) atoms. The van der Waals surface area contributed by atoms with Gasteiger partial charge in [0.25, 0.3) is 0 Å².